The van der Waals surface area contributed by atoms with Crippen LogP contribution in [0.1, 0.15) is 6.42 Å². The summed E-state index contributed by atoms with van der Waals surface area (Å²) in [7, 11) is 0. The van der Waals surface area contributed by atoms with Gasteiger partial charge in [-0.1, -0.05) is 0 Å². The van der Waals surface area contributed by atoms with Gasteiger partial charge in [0.15, 0.2) is 12.2 Å². The molecule has 2 saturated heterocycles. The van der Waals surface area contributed by atoms with Gasteiger partial charge in [-0.25, -0.2) is 24.0 Å². The van der Waals surface area contributed by atoms with Gasteiger partial charge in [0.05, 0.1) is 12.5 Å². The Bertz CT molecular complexity index is 2280. The van der Waals surface area contributed by atoms with Crippen LogP contribution < -0.4 is 5.32 Å². The first kappa shape index (κ1) is 67.4. The molecule has 0 aromatic rings. The lowest BCUT2D eigenvalue weighted by Gasteiger charge is -2.52. The van der Waals surface area contributed by atoms with Crippen LogP contribution in [0.5, 0.6) is 0 Å². The molecule has 77 heavy (non-hydrogen) atoms. The second kappa shape index (κ2) is 19.3. The fourth-order valence-electron chi connectivity index (χ4n) is 5.18. The van der Waals surface area contributed by atoms with Gasteiger partial charge in [0, 0.05) is 0 Å². The molecule has 0 spiro atoms. The van der Waals surface area contributed by atoms with Crippen LogP contribution in [-0.2, 0) is 57.2 Å². The Kier molecular flexibility index (Phi) is 16.9. The molecule has 2 fully saturated rings. The number of carbonyl (C=O) groups is 6. The van der Waals surface area contributed by atoms with Crippen molar-refractivity contribution in [3.63, 3.8) is 0 Å². The zero-order valence-electron chi connectivity index (χ0n) is 33.9. The summed E-state index contributed by atoms with van der Waals surface area (Å²) in [5.74, 6) is -113. The van der Waals surface area contributed by atoms with Crippen molar-refractivity contribution in [1.29, 1.82) is 0 Å². The molecule has 1 amide bonds. The average molecular weight is 1230 g/mol. The number of carbonyl (C=O) groups excluding carboxylic acids is 6. The van der Waals surface area contributed by atoms with Crippen LogP contribution in [0, 0.1) is 0 Å². The van der Waals surface area contributed by atoms with Gasteiger partial charge in [-0.15, -0.1) is 0 Å². The smallest absolute Gasteiger partial charge is 0.457 e. The summed E-state index contributed by atoms with van der Waals surface area (Å²) >= 11 is 0. The minimum atomic E-state index is -8.06. The zero-order valence-corrected chi connectivity index (χ0v) is 33.9. The van der Waals surface area contributed by atoms with E-state index in [0.29, 0.717) is 0 Å². The highest BCUT2D eigenvalue weighted by atomic mass is 19.5. The summed E-state index contributed by atoms with van der Waals surface area (Å²) in [5.41, 5.74) is 0. The number of alkyl halides is 35. The first-order valence-corrected chi connectivity index (χ1v) is 17.5. The van der Waals surface area contributed by atoms with Gasteiger partial charge in [0.1, 0.15) is 18.8 Å². The van der Waals surface area contributed by atoms with E-state index in [4.69, 9.17) is 0 Å². The third-order valence-corrected chi connectivity index (χ3v) is 9.31. The summed E-state index contributed by atoms with van der Waals surface area (Å²) in [6.07, 6.45) is -62.4. The summed E-state index contributed by atoms with van der Waals surface area (Å²) in [6, 6.07) is -4.83. The Labute approximate surface area is 392 Å². The highest BCUT2D eigenvalue weighted by Gasteiger charge is 2.83. The number of rotatable bonds is 17. The number of ether oxygens (including phenoxy) is 6. The Morgan fingerprint density at radius 2 is 0.805 bits per heavy atom. The van der Waals surface area contributed by atoms with Crippen LogP contribution in [0.2, 0.25) is 0 Å². The van der Waals surface area contributed by atoms with E-state index < -0.39 is 175 Å². The molecule has 448 valence electrons. The van der Waals surface area contributed by atoms with Crippen LogP contribution in [0.4, 0.5) is 154 Å². The number of amides is 1. The monoisotopic (exact) mass is 1230 g/mol. The molecule has 2 aliphatic rings. The van der Waals surface area contributed by atoms with Crippen molar-refractivity contribution < 1.29 is 211 Å². The fraction of sp³-hybridized carbons (Fsp3) is 0.793. The highest BCUT2D eigenvalue weighted by Crippen LogP contribution is 2.54. The SMILES string of the molecule is O=C(N[C@H]1[C@H]2O[C@@](OC(=O)C(F)(F)C(F)(F)C(F)(F)F)(C[C@@H]1OC(=O)C(F)(F)C(F)(F)C(F)(F)F)C(=O)O[C@@H]2[C@@H](COC(=O)C(F)(F)C(F)(F)C(F)(F)F)OC(=O)C(F)(F)C(F)(F)C(F)(F)F)C(F)(F)C(F)(F)C(F)(F)F. The molecular weight excluding hydrogens is 1220 g/mol. The van der Waals surface area contributed by atoms with E-state index in [0.717, 1.165) is 0 Å². The van der Waals surface area contributed by atoms with E-state index in [1.807, 2.05) is 0 Å². The van der Waals surface area contributed by atoms with Crippen molar-refractivity contribution in [2.24, 2.45) is 0 Å². The molecular formula is C29H10F35NO12. The van der Waals surface area contributed by atoms with Crippen molar-refractivity contribution in [3.05, 3.63) is 0 Å². The summed E-state index contributed by atoms with van der Waals surface area (Å²) in [4.78, 5) is 74.2. The molecule has 0 saturated carbocycles. The van der Waals surface area contributed by atoms with E-state index in [1.54, 1.807) is 0 Å². The number of halogens is 35. The van der Waals surface area contributed by atoms with Crippen LogP contribution in [0.3, 0.4) is 0 Å². The second-order valence-corrected chi connectivity index (χ2v) is 14.5. The van der Waals surface area contributed by atoms with Gasteiger partial charge in [-0.3, -0.25) is 4.79 Å². The number of hydrogen-bond acceptors (Lipinski definition) is 12. The van der Waals surface area contributed by atoms with Crippen molar-refractivity contribution >= 4 is 35.8 Å². The molecule has 0 aromatic carbocycles. The fourth-order valence-corrected chi connectivity index (χ4v) is 5.18. The largest absolute Gasteiger partial charge is 0.460 e. The molecule has 2 heterocycles. The van der Waals surface area contributed by atoms with E-state index >= 15 is 0 Å². The molecule has 0 aliphatic carbocycles. The average Bonchev–Trinajstić information content (AvgIpc) is 3.21. The van der Waals surface area contributed by atoms with Crippen molar-refractivity contribution in [2.75, 3.05) is 6.61 Å². The minimum absolute atomic E-state index is 0.317. The van der Waals surface area contributed by atoms with Gasteiger partial charge in [0.2, 0.25) is 0 Å². The first-order chi connectivity index (χ1) is 33.4. The molecule has 6 atom stereocenters. The van der Waals surface area contributed by atoms with Crippen LogP contribution >= 0.6 is 0 Å². The van der Waals surface area contributed by atoms with E-state index in [1.165, 1.54) is 0 Å². The molecule has 2 aliphatic heterocycles. The molecule has 13 nitrogen and oxygen atoms in total. The number of fused-ring (bicyclic) bond motifs is 2. The van der Waals surface area contributed by atoms with Crippen LogP contribution in [0.25, 0.3) is 0 Å². The van der Waals surface area contributed by atoms with Gasteiger partial charge in [-0.2, -0.15) is 154 Å². The molecule has 2 rings (SSSR count). The van der Waals surface area contributed by atoms with E-state index in [2.05, 4.69) is 28.4 Å². The number of cyclic esters (lactones) is 1. The molecule has 1 N–H and O–H groups in total. The topological polar surface area (TPSA) is 170 Å². The maximum atomic E-state index is 14.6. The zero-order chi connectivity index (χ0) is 61.7. The van der Waals surface area contributed by atoms with Crippen molar-refractivity contribution in [1.82, 2.24) is 5.32 Å². The molecule has 48 heteroatoms. The highest BCUT2D eigenvalue weighted by molar-refractivity contribution is 5.88. The molecule has 0 unspecified atom stereocenters. The third-order valence-electron chi connectivity index (χ3n) is 9.31. The minimum Gasteiger partial charge on any atom is -0.457 e. The van der Waals surface area contributed by atoms with Gasteiger partial charge < -0.3 is 33.7 Å². The standard InChI is InChI=1S/C29H10F35NO12/c30-15(31,20(40,41)25(50,51)52)8(66)65-5-3(73-11(69)17(34,35)22(44,45)27(56,57)58)1-14(77-13(71)19(38,39)24(48,49)29(62,63)64)9(67)75-6(7(5)76-14)4(74-12(70)18(36,37)23(46,47)28(59,60)61)2-72-10(68)16(32,33)21(42,43)26(53,54)55/h3-7H,1-2H2,(H,65,66)/t3-,4+,5+,6+,7+,14+/m0/s1. The van der Waals surface area contributed by atoms with E-state index in [9.17, 15) is 182 Å². The Morgan fingerprint density at radius 3 is 1.17 bits per heavy atom. The summed E-state index contributed by atoms with van der Waals surface area (Å²) < 4.78 is 495. The number of esters is 5. The van der Waals surface area contributed by atoms with Gasteiger partial charge >= 0.3 is 126 Å². The lowest BCUT2D eigenvalue weighted by atomic mass is 9.85. The summed E-state index contributed by atoms with van der Waals surface area (Å²) in [6.45, 7) is -3.76. The summed E-state index contributed by atoms with van der Waals surface area (Å²) in [5, 5.41) is -0.317. The lowest BCUT2D eigenvalue weighted by Crippen LogP contribution is -2.75. The van der Waals surface area contributed by atoms with Crippen molar-refractivity contribution in [3.8, 4) is 0 Å². The predicted molar refractivity (Wildman–Crippen MR) is 151 cm³/mol. The molecule has 0 aromatic heterocycles. The maximum absolute atomic E-state index is 14.6. The normalized spacial score (nSPS) is 22.8. The quantitative estimate of drug-likeness (QED) is 0.0849. The van der Waals surface area contributed by atoms with E-state index in [-0.39, 0.29) is 5.32 Å². The Morgan fingerprint density at radius 1 is 0.481 bits per heavy atom. The second-order valence-electron chi connectivity index (χ2n) is 14.5. The van der Waals surface area contributed by atoms with Crippen LogP contribution in [-0.4, -0.2) is 169 Å². The number of nitrogens with one attached hydrogen (secondary N) is 1. The molecule has 2 bridgehead atoms. The predicted octanol–water partition coefficient (Wildman–Crippen LogP) is 7.96. The van der Waals surface area contributed by atoms with Crippen molar-refractivity contribution in [2.45, 2.75) is 133 Å². The number of hydrogen-bond donors (Lipinski definition) is 1. The Balaban J connectivity index is 3.30. The van der Waals surface area contributed by atoms with Crippen LogP contribution in [0.15, 0.2) is 0 Å². The van der Waals surface area contributed by atoms with Gasteiger partial charge in [0.25, 0.3) is 5.91 Å². The maximum Gasteiger partial charge on any atom is 0.460 e. The van der Waals surface area contributed by atoms with Gasteiger partial charge in [-0.05, 0) is 0 Å². The molecule has 0 radical (unpaired) electrons. The Hall–Kier alpha value is -5.67. The first-order valence-electron chi connectivity index (χ1n) is 17.5. The lowest BCUT2D eigenvalue weighted by molar-refractivity contribution is -0.369. The third kappa shape index (κ3) is 11.1.